The monoisotopic (exact) mass is 466 g/mol. The highest BCUT2D eigenvalue weighted by atomic mass is 32.1. The highest BCUT2D eigenvalue weighted by Gasteiger charge is 2.11. The van der Waals surface area contributed by atoms with Crippen molar-refractivity contribution in [1.82, 2.24) is 19.8 Å². The molecule has 7 nitrogen and oxygen atoms in total. The molecule has 0 fully saturated rings. The summed E-state index contributed by atoms with van der Waals surface area (Å²) in [4.78, 5) is 30.8. The maximum Gasteiger partial charge on any atom is 0.262 e. The molecule has 0 aliphatic rings. The van der Waals surface area contributed by atoms with Crippen molar-refractivity contribution in [3.63, 3.8) is 0 Å². The summed E-state index contributed by atoms with van der Waals surface area (Å²) in [7, 11) is 0. The van der Waals surface area contributed by atoms with Crippen molar-refractivity contribution in [3.8, 4) is 5.75 Å². The number of carbonyl (C=O) groups excluding carboxylic acids is 1. The second-order valence-corrected chi connectivity index (χ2v) is 7.95. The first-order chi connectivity index (χ1) is 16.0. The van der Waals surface area contributed by atoms with Crippen LogP contribution in [0.2, 0.25) is 0 Å². The van der Waals surface area contributed by atoms with Crippen molar-refractivity contribution in [2.24, 2.45) is 0 Å². The van der Waals surface area contributed by atoms with E-state index in [1.165, 1.54) is 4.57 Å². The van der Waals surface area contributed by atoms with Crippen molar-refractivity contribution in [1.29, 1.82) is 0 Å². The zero-order chi connectivity index (χ0) is 23.8. The molecule has 1 amide bonds. The van der Waals surface area contributed by atoms with E-state index in [1.54, 1.807) is 24.3 Å². The smallest absolute Gasteiger partial charge is 0.262 e. The molecule has 3 aromatic rings. The SMILES string of the molecule is C=CCn1c(=S)[nH]c2cc(C(=O)NCc3ccccc3OCCN(CC)CC)ccc2c1=O. The molecule has 174 valence electrons. The number of ether oxygens (including phenoxy) is 1. The number of rotatable bonds is 11. The van der Waals surface area contributed by atoms with Crippen LogP contribution in [-0.2, 0) is 13.1 Å². The molecular formula is C25H30N4O3S. The van der Waals surface area contributed by atoms with E-state index in [0.717, 1.165) is 30.9 Å². The van der Waals surface area contributed by atoms with E-state index in [0.29, 0.717) is 40.9 Å². The number of carbonyl (C=O) groups is 1. The van der Waals surface area contributed by atoms with Crippen LogP contribution in [0.4, 0.5) is 0 Å². The molecule has 0 aliphatic heterocycles. The first-order valence-electron chi connectivity index (χ1n) is 11.1. The maximum absolute atomic E-state index is 12.8. The van der Waals surface area contributed by atoms with Gasteiger partial charge in [0.1, 0.15) is 12.4 Å². The summed E-state index contributed by atoms with van der Waals surface area (Å²) in [6, 6.07) is 12.6. The van der Waals surface area contributed by atoms with Gasteiger partial charge in [-0.3, -0.25) is 14.2 Å². The minimum atomic E-state index is -0.246. The van der Waals surface area contributed by atoms with Gasteiger partial charge in [0.2, 0.25) is 0 Å². The Morgan fingerprint density at radius 3 is 2.73 bits per heavy atom. The summed E-state index contributed by atoms with van der Waals surface area (Å²) in [5.41, 5.74) is 1.65. The number of hydrogen-bond donors (Lipinski definition) is 2. The molecule has 3 rings (SSSR count). The molecule has 1 heterocycles. The fourth-order valence-corrected chi connectivity index (χ4v) is 3.85. The Hall–Kier alpha value is -3.23. The third-order valence-corrected chi connectivity index (χ3v) is 5.85. The van der Waals surface area contributed by atoms with E-state index in [4.69, 9.17) is 17.0 Å². The molecule has 0 atom stereocenters. The topological polar surface area (TPSA) is 79.4 Å². The molecule has 0 bridgehead atoms. The average Bonchev–Trinajstić information content (AvgIpc) is 2.83. The van der Waals surface area contributed by atoms with Gasteiger partial charge in [-0.1, -0.05) is 38.1 Å². The van der Waals surface area contributed by atoms with Gasteiger partial charge in [0.15, 0.2) is 4.77 Å². The van der Waals surface area contributed by atoms with Crippen LogP contribution in [0.5, 0.6) is 5.75 Å². The van der Waals surface area contributed by atoms with Crippen LogP contribution in [0.25, 0.3) is 10.9 Å². The molecule has 8 heteroatoms. The summed E-state index contributed by atoms with van der Waals surface area (Å²) < 4.78 is 7.70. The molecule has 0 spiro atoms. The number of fused-ring (bicyclic) bond motifs is 1. The van der Waals surface area contributed by atoms with Crippen molar-refractivity contribution in [3.05, 3.63) is 81.4 Å². The number of nitrogens with one attached hydrogen (secondary N) is 2. The van der Waals surface area contributed by atoms with Crippen molar-refractivity contribution >= 4 is 29.0 Å². The number of nitrogens with zero attached hydrogens (tertiary/aromatic N) is 2. The minimum absolute atomic E-state index is 0.212. The van der Waals surface area contributed by atoms with Crippen molar-refractivity contribution in [2.75, 3.05) is 26.2 Å². The number of para-hydroxylation sites is 1. The predicted molar refractivity (Wildman–Crippen MR) is 134 cm³/mol. The van der Waals surface area contributed by atoms with Gasteiger partial charge in [0, 0.05) is 30.8 Å². The highest BCUT2D eigenvalue weighted by Crippen LogP contribution is 2.18. The van der Waals surface area contributed by atoms with Crippen LogP contribution in [0, 0.1) is 4.77 Å². The van der Waals surface area contributed by atoms with Gasteiger partial charge < -0.3 is 19.9 Å². The number of H-pyrrole nitrogens is 1. The van der Waals surface area contributed by atoms with Crippen LogP contribution >= 0.6 is 12.2 Å². The maximum atomic E-state index is 12.8. The standard InChI is InChI=1S/C25H30N4O3S/c1-4-13-29-24(31)20-12-11-18(16-21(20)27-25(29)33)23(30)26-17-19-9-7-8-10-22(19)32-15-14-28(5-2)6-3/h4,7-12,16H,1,5-6,13-15,17H2,2-3H3,(H,26,30)(H,27,33). The molecule has 0 unspecified atom stereocenters. The van der Waals surface area contributed by atoms with Crippen LogP contribution in [0.1, 0.15) is 29.8 Å². The van der Waals surface area contributed by atoms with E-state index in [-0.39, 0.29) is 11.5 Å². The molecule has 2 N–H and O–H groups in total. The van der Waals surface area contributed by atoms with E-state index in [1.807, 2.05) is 24.3 Å². The zero-order valence-electron chi connectivity index (χ0n) is 19.1. The Balaban J connectivity index is 1.71. The van der Waals surface area contributed by atoms with E-state index >= 15 is 0 Å². The quantitative estimate of drug-likeness (QED) is 0.331. The number of aromatic nitrogens is 2. The number of likely N-dealkylation sites (N-methyl/N-ethyl adjacent to an activating group) is 1. The average molecular weight is 467 g/mol. The molecular weight excluding hydrogens is 436 g/mol. The number of amides is 1. The summed E-state index contributed by atoms with van der Waals surface area (Å²) in [6.07, 6.45) is 1.61. The van der Waals surface area contributed by atoms with Crippen LogP contribution in [-0.4, -0.2) is 46.6 Å². The number of hydrogen-bond acceptors (Lipinski definition) is 5. The van der Waals surface area contributed by atoms with Crippen LogP contribution in [0.3, 0.4) is 0 Å². The van der Waals surface area contributed by atoms with Gasteiger partial charge in [-0.05, 0) is 49.6 Å². The molecule has 0 saturated heterocycles. The lowest BCUT2D eigenvalue weighted by Gasteiger charge is -2.19. The first kappa shape index (κ1) is 24.4. The lowest BCUT2D eigenvalue weighted by Crippen LogP contribution is -2.28. The summed E-state index contributed by atoms with van der Waals surface area (Å²) in [5.74, 6) is 0.514. The number of allylic oxidation sites excluding steroid dienone is 1. The third kappa shape index (κ3) is 5.97. The van der Waals surface area contributed by atoms with E-state index < -0.39 is 0 Å². The van der Waals surface area contributed by atoms with E-state index in [2.05, 4.69) is 35.6 Å². The summed E-state index contributed by atoms with van der Waals surface area (Å²) >= 11 is 5.28. The molecule has 2 aromatic carbocycles. The highest BCUT2D eigenvalue weighted by molar-refractivity contribution is 7.71. The largest absolute Gasteiger partial charge is 0.492 e. The lowest BCUT2D eigenvalue weighted by atomic mass is 10.1. The van der Waals surface area contributed by atoms with Gasteiger partial charge >= 0.3 is 0 Å². The summed E-state index contributed by atoms with van der Waals surface area (Å²) in [5, 5.41) is 3.40. The van der Waals surface area contributed by atoms with Gasteiger partial charge in [-0.25, -0.2) is 0 Å². The molecule has 0 aliphatic carbocycles. The molecule has 1 aromatic heterocycles. The number of benzene rings is 2. The van der Waals surface area contributed by atoms with Crippen molar-refractivity contribution < 1.29 is 9.53 Å². The molecule has 0 radical (unpaired) electrons. The molecule has 33 heavy (non-hydrogen) atoms. The van der Waals surface area contributed by atoms with Gasteiger partial charge in [0.05, 0.1) is 10.9 Å². The zero-order valence-corrected chi connectivity index (χ0v) is 19.9. The third-order valence-electron chi connectivity index (χ3n) is 5.53. The van der Waals surface area contributed by atoms with Crippen LogP contribution in [0.15, 0.2) is 59.9 Å². The number of aromatic amines is 1. The Bertz CT molecular complexity index is 1240. The Labute approximate surface area is 198 Å². The minimum Gasteiger partial charge on any atom is -0.492 e. The normalized spacial score (nSPS) is 11.0. The van der Waals surface area contributed by atoms with Crippen molar-refractivity contribution in [2.45, 2.75) is 26.9 Å². The first-order valence-corrected chi connectivity index (χ1v) is 11.5. The Morgan fingerprint density at radius 2 is 2.00 bits per heavy atom. The fourth-order valence-electron chi connectivity index (χ4n) is 3.58. The Morgan fingerprint density at radius 1 is 1.24 bits per heavy atom. The van der Waals surface area contributed by atoms with E-state index in [9.17, 15) is 9.59 Å². The fraction of sp³-hybridized carbons (Fsp3) is 0.320. The second-order valence-electron chi connectivity index (χ2n) is 7.56. The Kier molecular flexibility index (Phi) is 8.57. The predicted octanol–water partition coefficient (Wildman–Crippen LogP) is 3.90. The summed E-state index contributed by atoms with van der Waals surface area (Å²) in [6.45, 7) is 12.0. The van der Waals surface area contributed by atoms with Crippen LogP contribution < -0.4 is 15.6 Å². The van der Waals surface area contributed by atoms with Gasteiger partial charge in [0.25, 0.3) is 11.5 Å². The van der Waals surface area contributed by atoms with Gasteiger partial charge in [-0.15, -0.1) is 6.58 Å². The molecule has 0 saturated carbocycles. The lowest BCUT2D eigenvalue weighted by molar-refractivity contribution is 0.0950. The van der Waals surface area contributed by atoms with Gasteiger partial charge in [-0.2, -0.15) is 0 Å². The second kappa shape index (κ2) is 11.6.